The molecule has 1 unspecified atom stereocenters. The monoisotopic (exact) mass is 326 g/mol. The predicted molar refractivity (Wildman–Crippen MR) is 69.1 cm³/mol. The Morgan fingerprint density at radius 3 is 2.89 bits per heavy atom. The van der Waals surface area contributed by atoms with E-state index in [9.17, 15) is 14.4 Å². The number of ketones is 2. The first-order chi connectivity index (χ1) is 9.04. The van der Waals surface area contributed by atoms with Crippen molar-refractivity contribution in [1.29, 1.82) is 0 Å². The van der Waals surface area contributed by atoms with Gasteiger partial charge in [0.2, 0.25) is 0 Å². The van der Waals surface area contributed by atoms with Gasteiger partial charge in [0.15, 0.2) is 5.78 Å². The normalized spacial score (nSPS) is 17.4. The summed E-state index contributed by atoms with van der Waals surface area (Å²) >= 11 is 3.24. The molecule has 6 heteroatoms. The van der Waals surface area contributed by atoms with Crippen LogP contribution in [0.15, 0.2) is 22.7 Å². The van der Waals surface area contributed by atoms with Crippen molar-refractivity contribution in [2.24, 2.45) is 5.92 Å². The third kappa shape index (κ3) is 2.68. The Kier molecular flexibility index (Phi) is 3.99. The van der Waals surface area contributed by atoms with Crippen LogP contribution in [0.1, 0.15) is 17.3 Å². The summed E-state index contributed by atoms with van der Waals surface area (Å²) in [5.41, 5.74) is 0.295. The van der Waals surface area contributed by atoms with Crippen molar-refractivity contribution >= 4 is 33.5 Å². The highest BCUT2D eigenvalue weighted by molar-refractivity contribution is 9.10. The third-order valence-corrected chi connectivity index (χ3v) is 3.22. The number of esters is 1. The summed E-state index contributed by atoms with van der Waals surface area (Å²) in [6, 6.07) is 4.95. The first kappa shape index (κ1) is 13.7. The molecule has 0 saturated heterocycles. The van der Waals surface area contributed by atoms with Gasteiger partial charge in [-0.3, -0.25) is 9.59 Å². The van der Waals surface area contributed by atoms with Gasteiger partial charge in [-0.05, 0) is 25.1 Å². The van der Waals surface area contributed by atoms with E-state index in [0.29, 0.717) is 15.8 Å². The number of halogens is 1. The fourth-order valence-corrected chi connectivity index (χ4v) is 2.16. The molecular formula is C13H11BrO5. The van der Waals surface area contributed by atoms with Crippen molar-refractivity contribution in [3.05, 3.63) is 28.2 Å². The molecule has 0 amide bonds. The topological polar surface area (TPSA) is 69.7 Å². The quantitative estimate of drug-likeness (QED) is 0.481. The summed E-state index contributed by atoms with van der Waals surface area (Å²) in [5, 5.41) is 0. The van der Waals surface area contributed by atoms with Gasteiger partial charge in [-0.1, -0.05) is 15.9 Å². The molecule has 0 bridgehead atoms. The zero-order chi connectivity index (χ0) is 14.0. The molecule has 0 aromatic heterocycles. The Morgan fingerprint density at radius 1 is 1.47 bits per heavy atom. The van der Waals surface area contributed by atoms with Crippen LogP contribution in [0.3, 0.4) is 0 Å². The zero-order valence-corrected chi connectivity index (χ0v) is 11.7. The van der Waals surface area contributed by atoms with Gasteiger partial charge in [-0.2, -0.15) is 0 Å². The molecule has 2 rings (SSSR count). The molecule has 0 aliphatic carbocycles. The maximum absolute atomic E-state index is 12.2. The highest BCUT2D eigenvalue weighted by atomic mass is 79.9. The number of carbonyl (C=O) groups is 3. The van der Waals surface area contributed by atoms with E-state index in [2.05, 4.69) is 20.7 Å². The molecule has 0 saturated carbocycles. The smallest absolute Gasteiger partial charge is 0.375 e. The second kappa shape index (κ2) is 5.52. The summed E-state index contributed by atoms with van der Waals surface area (Å²) in [7, 11) is 0. The Labute approximate surface area is 118 Å². The lowest BCUT2D eigenvalue weighted by molar-refractivity contribution is -0.155. The average Bonchev–Trinajstić information content (AvgIpc) is 2.39. The summed E-state index contributed by atoms with van der Waals surface area (Å²) in [4.78, 5) is 35.4. The van der Waals surface area contributed by atoms with E-state index >= 15 is 0 Å². The molecule has 1 aromatic carbocycles. The number of fused-ring (bicyclic) bond motifs is 1. The molecule has 19 heavy (non-hydrogen) atoms. The molecule has 0 fully saturated rings. The number of benzene rings is 1. The van der Waals surface area contributed by atoms with Crippen LogP contribution in [-0.4, -0.2) is 30.7 Å². The van der Waals surface area contributed by atoms with E-state index < -0.39 is 23.5 Å². The first-order valence-corrected chi connectivity index (χ1v) is 6.51. The number of Topliss-reactive ketones (excluding diaryl/α,β-unsaturated/α-hetero) is 2. The predicted octanol–water partition coefficient (Wildman–Crippen LogP) is 1.77. The molecule has 0 N–H and O–H groups in total. The second-order valence-corrected chi connectivity index (χ2v) is 4.87. The minimum Gasteiger partial charge on any atom is -0.492 e. The van der Waals surface area contributed by atoms with E-state index in [1.165, 1.54) is 0 Å². The van der Waals surface area contributed by atoms with Crippen LogP contribution < -0.4 is 4.74 Å². The summed E-state index contributed by atoms with van der Waals surface area (Å²) in [5.74, 6) is -2.98. The summed E-state index contributed by atoms with van der Waals surface area (Å²) in [6.07, 6.45) is 0. The molecule has 1 aliphatic heterocycles. The molecule has 5 nitrogen and oxygen atoms in total. The fourth-order valence-electron chi connectivity index (χ4n) is 1.80. The molecular weight excluding hydrogens is 316 g/mol. The van der Waals surface area contributed by atoms with Gasteiger partial charge in [0.05, 0.1) is 12.2 Å². The van der Waals surface area contributed by atoms with Gasteiger partial charge < -0.3 is 9.47 Å². The van der Waals surface area contributed by atoms with Gasteiger partial charge in [-0.15, -0.1) is 0 Å². The third-order valence-electron chi connectivity index (χ3n) is 2.72. The molecule has 0 radical (unpaired) electrons. The molecule has 0 spiro atoms. The Bertz CT molecular complexity index is 552. The van der Waals surface area contributed by atoms with Crippen LogP contribution in [0, 0.1) is 5.92 Å². The average molecular weight is 327 g/mol. The van der Waals surface area contributed by atoms with Crippen LogP contribution in [0.5, 0.6) is 5.75 Å². The van der Waals surface area contributed by atoms with Crippen molar-refractivity contribution in [2.75, 3.05) is 13.2 Å². The van der Waals surface area contributed by atoms with E-state index in [0.717, 1.165) is 0 Å². The standard InChI is InChI=1S/C13H11BrO5/c1-2-18-13(17)12(16)9-6-19-10-4-3-7(14)5-8(10)11(9)15/h3-5,9H,2,6H2,1H3. The highest BCUT2D eigenvalue weighted by Crippen LogP contribution is 2.30. The lowest BCUT2D eigenvalue weighted by atomic mass is 9.91. The van der Waals surface area contributed by atoms with Gasteiger partial charge in [-0.25, -0.2) is 4.79 Å². The Morgan fingerprint density at radius 2 is 2.21 bits per heavy atom. The number of carbonyl (C=O) groups excluding carboxylic acids is 3. The lowest BCUT2D eigenvalue weighted by Crippen LogP contribution is -2.38. The Hall–Kier alpha value is -1.69. The van der Waals surface area contributed by atoms with Crippen LogP contribution in [0.2, 0.25) is 0 Å². The summed E-state index contributed by atoms with van der Waals surface area (Å²) in [6.45, 7) is 1.55. The van der Waals surface area contributed by atoms with Crippen molar-refractivity contribution < 1.29 is 23.9 Å². The van der Waals surface area contributed by atoms with Crippen LogP contribution in [0.25, 0.3) is 0 Å². The van der Waals surface area contributed by atoms with E-state index in [1.54, 1.807) is 25.1 Å². The van der Waals surface area contributed by atoms with E-state index in [-0.39, 0.29) is 13.2 Å². The highest BCUT2D eigenvalue weighted by Gasteiger charge is 2.38. The van der Waals surface area contributed by atoms with E-state index in [1.807, 2.05) is 0 Å². The largest absolute Gasteiger partial charge is 0.492 e. The maximum Gasteiger partial charge on any atom is 0.375 e. The van der Waals surface area contributed by atoms with Crippen molar-refractivity contribution in [2.45, 2.75) is 6.92 Å². The van der Waals surface area contributed by atoms with Crippen molar-refractivity contribution in [3.63, 3.8) is 0 Å². The van der Waals surface area contributed by atoms with Gasteiger partial charge >= 0.3 is 5.97 Å². The molecule has 100 valence electrons. The number of hydrogen-bond acceptors (Lipinski definition) is 5. The minimum atomic E-state index is -1.12. The first-order valence-electron chi connectivity index (χ1n) is 5.72. The maximum atomic E-state index is 12.2. The van der Waals surface area contributed by atoms with E-state index in [4.69, 9.17) is 4.74 Å². The second-order valence-electron chi connectivity index (χ2n) is 3.95. The molecule has 1 aliphatic rings. The number of ether oxygens (including phenoxy) is 2. The SMILES string of the molecule is CCOC(=O)C(=O)C1COc2ccc(Br)cc2C1=O. The number of rotatable bonds is 3. The zero-order valence-electron chi connectivity index (χ0n) is 10.1. The lowest BCUT2D eigenvalue weighted by Gasteiger charge is -2.22. The Balaban J connectivity index is 2.26. The van der Waals surface area contributed by atoms with Crippen LogP contribution >= 0.6 is 15.9 Å². The summed E-state index contributed by atoms with van der Waals surface area (Å²) < 4.78 is 10.7. The van der Waals surface area contributed by atoms with Crippen LogP contribution in [0.4, 0.5) is 0 Å². The molecule has 1 aromatic rings. The minimum absolute atomic E-state index is 0.0917. The van der Waals surface area contributed by atoms with Crippen molar-refractivity contribution in [1.82, 2.24) is 0 Å². The van der Waals surface area contributed by atoms with Gasteiger partial charge in [0, 0.05) is 4.47 Å². The molecule has 1 atom stereocenters. The van der Waals surface area contributed by atoms with Crippen molar-refractivity contribution in [3.8, 4) is 5.75 Å². The van der Waals surface area contributed by atoms with Crippen LogP contribution in [-0.2, 0) is 14.3 Å². The van der Waals surface area contributed by atoms with Gasteiger partial charge in [0.25, 0.3) is 5.78 Å². The van der Waals surface area contributed by atoms with Gasteiger partial charge in [0.1, 0.15) is 18.3 Å². The fraction of sp³-hybridized carbons (Fsp3) is 0.308. The number of hydrogen-bond donors (Lipinski definition) is 0. The molecule has 1 heterocycles.